The van der Waals surface area contributed by atoms with Crippen LogP contribution in [0.2, 0.25) is 0 Å². The molecule has 3 rings (SSSR count). The van der Waals surface area contributed by atoms with Crippen LogP contribution in [0.5, 0.6) is 0 Å². The molecule has 0 aromatic rings. The van der Waals surface area contributed by atoms with E-state index in [2.05, 4.69) is 23.5 Å². The fraction of sp³-hybridized carbons (Fsp3) is 1.00. The van der Waals surface area contributed by atoms with Crippen LogP contribution >= 0.6 is 0 Å². The molecule has 2 nitrogen and oxygen atoms in total. The molecular formula is C10H17F2NO. The molecule has 3 fully saturated rings. The highest BCUT2D eigenvalue weighted by molar-refractivity contribution is 5.01. The fourth-order valence-electron chi connectivity index (χ4n) is 2.96. The van der Waals surface area contributed by atoms with E-state index in [1.807, 2.05) is 0 Å². The molecular weight excluding hydrogens is 188 g/mol. The number of piperidine rings is 1. The second-order valence-corrected chi connectivity index (χ2v) is 4.57. The minimum atomic E-state index is -2.61. The van der Waals surface area contributed by atoms with Gasteiger partial charge in [-0.3, -0.25) is 4.90 Å². The predicted molar refractivity (Wildman–Crippen MR) is 49.3 cm³/mol. The maximum atomic E-state index is 12.0. The summed E-state index contributed by atoms with van der Waals surface area (Å²) in [7, 11) is 0. The van der Waals surface area contributed by atoms with Crippen LogP contribution in [0.1, 0.15) is 33.1 Å². The van der Waals surface area contributed by atoms with Crippen LogP contribution in [0, 0.1) is 0 Å². The van der Waals surface area contributed by atoms with Gasteiger partial charge in [0.2, 0.25) is 0 Å². The van der Waals surface area contributed by atoms with Crippen molar-refractivity contribution < 1.29 is 13.5 Å². The molecule has 1 aliphatic carbocycles. The van der Waals surface area contributed by atoms with E-state index in [0.717, 1.165) is 12.8 Å². The van der Waals surface area contributed by atoms with Crippen molar-refractivity contribution >= 4 is 0 Å². The van der Waals surface area contributed by atoms with Gasteiger partial charge in [-0.05, 0) is 33.1 Å². The zero-order valence-corrected chi connectivity index (χ0v) is 8.62. The van der Waals surface area contributed by atoms with Gasteiger partial charge < -0.3 is 4.74 Å². The van der Waals surface area contributed by atoms with Crippen molar-refractivity contribution in [2.24, 2.45) is 0 Å². The van der Waals surface area contributed by atoms with E-state index >= 15 is 0 Å². The molecule has 2 heterocycles. The molecule has 4 heteroatoms. The average Bonchev–Trinajstić information content (AvgIpc) is 2.00. The first-order chi connectivity index (χ1) is 6.58. The number of alkyl halides is 2. The van der Waals surface area contributed by atoms with Crippen LogP contribution in [0.15, 0.2) is 0 Å². The zero-order valence-electron chi connectivity index (χ0n) is 8.62. The van der Waals surface area contributed by atoms with Crippen LogP contribution in [0.3, 0.4) is 0 Å². The summed E-state index contributed by atoms with van der Waals surface area (Å²) in [5.74, 6) is 0. The van der Waals surface area contributed by atoms with E-state index in [9.17, 15) is 8.78 Å². The van der Waals surface area contributed by atoms with Crippen molar-refractivity contribution in [3.63, 3.8) is 0 Å². The van der Waals surface area contributed by atoms with Gasteiger partial charge in [0.05, 0.1) is 6.10 Å². The summed E-state index contributed by atoms with van der Waals surface area (Å²) in [6.45, 7) is 1.71. The van der Waals surface area contributed by atoms with Crippen LogP contribution in [0.25, 0.3) is 0 Å². The Labute approximate surface area is 83.2 Å². The Hall–Kier alpha value is -0.220. The number of hydrogen-bond acceptors (Lipinski definition) is 2. The zero-order chi connectivity index (χ0) is 10.3. The van der Waals surface area contributed by atoms with E-state index in [-0.39, 0.29) is 6.10 Å². The molecule has 2 atom stereocenters. The van der Waals surface area contributed by atoms with Crippen LogP contribution < -0.4 is 0 Å². The first-order valence-electron chi connectivity index (χ1n) is 5.29. The highest BCUT2D eigenvalue weighted by Crippen LogP contribution is 2.41. The Morgan fingerprint density at radius 3 is 2.14 bits per heavy atom. The van der Waals surface area contributed by atoms with Crippen molar-refractivity contribution in [1.29, 1.82) is 0 Å². The highest BCUT2D eigenvalue weighted by Gasteiger charge is 2.46. The van der Waals surface area contributed by atoms with Gasteiger partial charge in [-0.15, -0.1) is 0 Å². The summed E-state index contributed by atoms with van der Waals surface area (Å²) >= 11 is 0. The minimum Gasteiger partial charge on any atom is -0.320 e. The molecule has 3 aliphatic rings. The molecule has 2 saturated heterocycles. The molecule has 1 saturated carbocycles. The van der Waals surface area contributed by atoms with Crippen LogP contribution in [-0.4, -0.2) is 35.7 Å². The maximum Gasteiger partial charge on any atom is 0.345 e. The quantitative estimate of drug-likeness (QED) is 0.700. The molecule has 0 amide bonds. The Kier molecular flexibility index (Phi) is 2.75. The third-order valence-electron chi connectivity index (χ3n) is 3.35. The van der Waals surface area contributed by atoms with Crippen molar-refractivity contribution in [1.82, 2.24) is 4.90 Å². The molecule has 0 radical (unpaired) electrons. The summed E-state index contributed by atoms with van der Waals surface area (Å²) < 4.78 is 28.5. The van der Waals surface area contributed by atoms with Gasteiger partial charge in [0.15, 0.2) is 0 Å². The molecule has 2 bridgehead atoms. The Morgan fingerprint density at radius 1 is 1.14 bits per heavy atom. The molecule has 14 heavy (non-hydrogen) atoms. The fourth-order valence-corrected chi connectivity index (χ4v) is 2.96. The summed E-state index contributed by atoms with van der Waals surface area (Å²) in [6, 6.07) is 1.50. The van der Waals surface area contributed by atoms with E-state index in [1.165, 1.54) is 6.42 Å². The first-order valence-corrected chi connectivity index (χ1v) is 5.29. The Bertz CT molecular complexity index is 198. The van der Waals surface area contributed by atoms with Gasteiger partial charge >= 0.3 is 6.61 Å². The van der Waals surface area contributed by atoms with Crippen molar-refractivity contribution in [3.05, 3.63) is 0 Å². The van der Waals surface area contributed by atoms with Gasteiger partial charge in [-0.2, -0.15) is 8.78 Å². The SMILES string of the molecule is CC(C)N1C2CC(OC(F)F)CC1C2. The summed E-state index contributed by atoms with van der Waals surface area (Å²) in [5.41, 5.74) is 0. The number of hydrogen-bond donors (Lipinski definition) is 0. The third-order valence-corrected chi connectivity index (χ3v) is 3.35. The molecule has 0 N–H and O–H groups in total. The molecule has 0 aromatic carbocycles. The first kappa shape index (κ1) is 10.3. The number of rotatable bonds is 3. The molecule has 2 aliphatic heterocycles. The van der Waals surface area contributed by atoms with Gasteiger partial charge in [0, 0.05) is 18.1 Å². The van der Waals surface area contributed by atoms with E-state index < -0.39 is 6.61 Å². The second kappa shape index (κ2) is 3.74. The summed E-state index contributed by atoms with van der Waals surface area (Å²) in [4.78, 5) is 2.42. The highest BCUT2D eigenvalue weighted by atomic mass is 19.3. The van der Waals surface area contributed by atoms with Gasteiger partial charge in [0.1, 0.15) is 0 Å². The van der Waals surface area contributed by atoms with Crippen molar-refractivity contribution in [2.45, 2.75) is 64.0 Å². The Balaban J connectivity index is 1.85. The third kappa shape index (κ3) is 1.77. The number of ether oxygens (including phenoxy) is 1. The molecule has 0 spiro atoms. The largest absolute Gasteiger partial charge is 0.345 e. The van der Waals surface area contributed by atoms with Gasteiger partial charge in [0.25, 0.3) is 0 Å². The normalized spacial score (nSPS) is 37.7. The lowest BCUT2D eigenvalue weighted by Gasteiger charge is -2.57. The van der Waals surface area contributed by atoms with Gasteiger partial charge in [-0.1, -0.05) is 0 Å². The maximum absolute atomic E-state index is 12.0. The van der Waals surface area contributed by atoms with Crippen molar-refractivity contribution in [3.8, 4) is 0 Å². The lowest BCUT2D eigenvalue weighted by Crippen LogP contribution is -2.64. The number of halogens is 2. The van der Waals surface area contributed by atoms with E-state index in [1.54, 1.807) is 0 Å². The minimum absolute atomic E-state index is 0.214. The van der Waals surface area contributed by atoms with Crippen molar-refractivity contribution in [2.75, 3.05) is 0 Å². The summed E-state index contributed by atoms with van der Waals surface area (Å²) in [6.07, 6.45) is 2.51. The molecule has 82 valence electrons. The molecule has 2 unspecified atom stereocenters. The summed E-state index contributed by atoms with van der Waals surface area (Å²) in [5, 5.41) is 0. The topological polar surface area (TPSA) is 12.5 Å². The van der Waals surface area contributed by atoms with Gasteiger partial charge in [-0.25, -0.2) is 0 Å². The Morgan fingerprint density at radius 2 is 1.71 bits per heavy atom. The second-order valence-electron chi connectivity index (χ2n) is 4.57. The predicted octanol–water partition coefficient (Wildman–Crippen LogP) is 2.24. The number of fused-ring (bicyclic) bond motifs is 2. The van der Waals surface area contributed by atoms with Crippen LogP contribution in [0.4, 0.5) is 8.78 Å². The lowest BCUT2D eigenvalue weighted by atomic mass is 9.77. The standard InChI is InChI=1S/C10H17F2NO/c1-6(2)13-7-3-8(13)5-9(4-7)14-10(11)12/h6-10H,3-5H2,1-2H3. The number of nitrogens with zero attached hydrogens (tertiary/aromatic N) is 1. The lowest BCUT2D eigenvalue weighted by molar-refractivity contribution is -0.203. The van der Waals surface area contributed by atoms with E-state index in [0.29, 0.717) is 18.1 Å². The average molecular weight is 205 g/mol. The van der Waals surface area contributed by atoms with E-state index in [4.69, 9.17) is 0 Å². The van der Waals surface area contributed by atoms with Crippen LogP contribution in [-0.2, 0) is 4.74 Å². The molecule has 0 aromatic heterocycles. The monoisotopic (exact) mass is 205 g/mol. The smallest absolute Gasteiger partial charge is 0.320 e.